The fourth-order valence-corrected chi connectivity index (χ4v) is 1.76. The van der Waals surface area contributed by atoms with E-state index in [1.165, 1.54) is 0 Å². The number of hydrogen-bond donors (Lipinski definition) is 1. The van der Waals surface area contributed by atoms with Crippen LogP contribution in [0.15, 0.2) is 18.3 Å². The quantitative estimate of drug-likeness (QED) is 0.751. The van der Waals surface area contributed by atoms with Crippen LogP contribution in [0.3, 0.4) is 0 Å². The summed E-state index contributed by atoms with van der Waals surface area (Å²) in [6.45, 7) is 0.796. The Hall–Kier alpha value is -1.09. The lowest BCUT2D eigenvalue weighted by atomic mass is 9.99. The van der Waals surface area contributed by atoms with E-state index in [2.05, 4.69) is 10.3 Å². The predicted molar refractivity (Wildman–Crippen MR) is 54.1 cm³/mol. The summed E-state index contributed by atoms with van der Waals surface area (Å²) in [5, 5.41) is 3.31. The largest absolute Gasteiger partial charge is 0.356 e. The molecule has 3 nitrogen and oxygen atoms in total. The second-order valence-electron chi connectivity index (χ2n) is 3.47. The van der Waals surface area contributed by atoms with Gasteiger partial charge in [0.05, 0.1) is 0 Å². The molecule has 1 amide bonds. The van der Waals surface area contributed by atoms with Crippen LogP contribution in [0.1, 0.15) is 12.0 Å². The maximum atomic E-state index is 11.3. The van der Waals surface area contributed by atoms with Crippen molar-refractivity contribution in [1.29, 1.82) is 0 Å². The molecular formula is C10H11ClN2O. The molecule has 0 saturated carbocycles. The average Bonchev–Trinajstić information content (AvgIpc) is 2.56. The van der Waals surface area contributed by atoms with Crippen LogP contribution in [-0.4, -0.2) is 17.4 Å². The molecule has 1 saturated heterocycles. The average molecular weight is 211 g/mol. The summed E-state index contributed by atoms with van der Waals surface area (Å²) in [7, 11) is 0. The molecule has 1 fully saturated rings. The summed E-state index contributed by atoms with van der Waals surface area (Å²) >= 11 is 5.67. The second kappa shape index (κ2) is 3.96. The zero-order valence-electron chi connectivity index (χ0n) is 7.66. The first-order valence-electron chi connectivity index (χ1n) is 4.64. The lowest BCUT2D eigenvalue weighted by molar-refractivity contribution is -0.122. The smallest absolute Gasteiger partial charge is 0.223 e. The van der Waals surface area contributed by atoms with E-state index in [1.807, 2.05) is 6.07 Å². The second-order valence-corrected chi connectivity index (χ2v) is 3.86. The van der Waals surface area contributed by atoms with Gasteiger partial charge in [0, 0.05) is 18.7 Å². The highest BCUT2D eigenvalue weighted by Crippen LogP contribution is 2.16. The SMILES string of the molecule is O=C1NCC[C@@H]1Cc1ccc(Cl)nc1. The van der Waals surface area contributed by atoms with E-state index in [4.69, 9.17) is 11.6 Å². The molecule has 0 unspecified atom stereocenters. The Kier molecular flexibility index (Phi) is 2.68. The Morgan fingerprint density at radius 3 is 3.00 bits per heavy atom. The molecule has 1 aromatic heterocycles. The summed E-state index contributed by atoms with van der Waals surface area (Å²) in [4.78, 5) is 15.3. The topological polar surface area (TPSA) is 42.0 Å². The normalized spacial score (nSPS) is 20.9. The van der Waals surface area contributed by atoms with E-state index in [9.17, 15) is 4.79 Å². The summed E-state index contributed by atoms with van der Waals surface area (Å²) in [5.74, 6) is 0.262. The number of nitrogens with zero attached hydrogens (tertiary/aromatic N) is 1. The third-order valence-electron chi connectivity index (χ3n) is 2.43. The number of carbonyl (C=O) groups is 1. The molecular weight excluding hydrogens is 200 g/mol. The summed E-state index contributed by atoms with van der Waals surface area (Å²) in [6, 6.07) is 3.67. The van der Waals surface area contributed by atoms with E-state index in [0.717, 1.165) is 24.9 Å². The molecule has 14 heavy (non-hydrogen) atoms. The van der Waals surface area contributed by atoms with Crippen LogP contribution >= 0.6 is 11.6 Å². The number of halogens is 1. The van der Waals surface area contributed by atoms with Gasteiger partial charge in [-0.05, 0) is 24.5 Å². The molecule has 74 valence electrons. The highest BCUT2D eigenvalue weighted by molar-refractivity contribution is 6.29. The maximum absolute atomic E-state index is 11.3. The van der Waals surface area contributed by atoms with Crippen molar-refractivity contribution in [2.45, 2.75) is 12.8 Å². The van der Waals surface area contributed by atoms with Crippen LogP contribution in [0.5, 0.6) is 0 Å². The molecule has 2 heterocycles. The number of amides is 1. The fraction of sp³-hybridized carbons (Fsp3) is 0.400. The van der Waals surface area contributed by atoms with Crippen molar-refractivity contribution in [3.63, 3.8) is 0 Å². The van der Waals surface area contributed by atoms with Gasteiger partial charge in [-0.3, -0.25) is 4.79 Å². The summed E-state index contributed by atoms with van der Waals surface area (Å²) in [5.41, 5.74) is 1.07. The number of aromatic nitrogens is 1. The number of rotatable bonds is 2. The molecule has 0 spiro atoms. The van der Waals surface area contributed by atoms with Gasteiger partial charge in [0.1, 0.15) is 5.15 Å². The van der Waals surface area contributed by atoms with Gasteiger partial charge in [-0.25, -0.2) is 4.98 Å². The Balaban J connectivity index is 2.03. The number of pyridine rings is 1. The van der Waals surface area contributed by atoms with Crippen molar-refractivity contribution in [1.82, 2.24) is 10.3 Å². The molecule has 2 rings (SSSR count). The minimum atomic E-state index is 0.109. The highest BCUT2D eigenvalue weighted by Gasteiger charge is 2.23. The molecule has 0 radical (unpaired) electrons. The molecule has 1 atom stereocenters. The van der Waals surface area contributed by atoms with E-state index >= 15 is 0 Å². The van der Waals surface area contributed by atoms with E-state index in [0.29, 0.717) is 5.15 Å². The first kappa shape index (κ1) is 9.46. The molecule has 0 aliphatic carbocycles. The van der Waals surface area contributed by atoms with Gasteiger partial charge >= 0.3 is 0 Å². The van der Waals surface area contributed by atoms with Gasteiger partial charge in [0.25, 0.3) is 0 Å². The number of nitrogens with one attached hydrogen (secondary N) is 1. The summed E-state index contributed by atoms with van der Waals surface area (Å²) < 4.78 is 0. The van der Waals surface area contributed by atoms with Crippen LogP contribution in [0, 0.1) is 5.92 Å². The van der Waals surface area contributed by atoms with Gasteiger partial charge in [-0.15, -0.1) is 0 Å². The molecule has 4 heteroatoms. The highest BCUT2D eigenvalue weighted by atomic mass is 35.5. The zero-order chi connectivity index (χ0) is 9.97. The molecule has 1 aliphatic heterocycles. The number of hydrogen-bond acceptors (Lipinski definition) is 2. The van der Waals surface area contributed by atoms with Crippen molar-refractivity contribution >= 4 is 17.5 Å². The fourth-order valence-electron chi connectivity index (χ4n) is 1.65. The van der Waals surface area contributed by atoms with Crippen LogP contribution in [0.25, 0.3) is 0 Å². The third-order valence-corrected chi connectivity index (χ3v) is 2.66. The molecule has 1 N–H and O–H groups in total. The van der Waals surface area contributed by atoms with Crippen molar-refractivity contribution < 1.29 is 4.79 Å². The van der Waals surface area contributed by atoms with Gasteiger partial charge in [0.2, 0.25) is 5.91 Å². The standard InChI is InChI=1S/C10H11ClN2O/c11-9-2-1-7(6-13-9)5-8-3-4-12-10(8)14/h1-2,6,8H,3-5H2,(H,12,14)/t8-/m1/s1. The van der Waals surface area contributed by atoms with Gasteiger partial charge in [0.15, 0.2) is 0 Å². The minimum Gasteiger partial charge on any atom is -0.356 e. The Morgan fingerprint density at radius 1 is 1.57 bits per heavy atom. The maximum Gasteiger partial charge on any atom is 0.223 e. The molecule has 1 aromatic rings. The molecule has 0 bridgehead atoms. The van der Waals surface area contributed by atoms with E-state index in [1.54, 1.807) is 12.3 Å². The summed E-state index contributed by atoms with van der Waals surface area (Å²) in [6.07, 6.45) is 3.41. The van der Waals surface area contributed by atoms with Crippen LogP contribution in [0.4, 0.5) is 0 Å². The van der Waals surface area contributed by atoms with Crippen LogP contribution in [-0.2, 0) is 11.2 Å². The number of carbonyl (C=O) groups excluding carboxylic acids is 1. The van der Waals surface area contributed by atoms with Gasteiger partial charge in [-0.2, -0.15) is 0 Å². The van der Waals surface area contributed by atoms with E-state index in [-0.39, 0.29) is 11.8 Å². The lowest BCUT2D eigenvalue weighted by Gasteiger charge is -2.05. The third kappa shape index (κ3) is 2.04. The zero-order valence-corrected chi connectivity index (χ0v) is 8.42. The predicted octanol–water partition coefficient (Wildman–Crippen LogP) is 1.41. The monoisotopic (exact) mass is 210 g/mol. The first-order chi connectivity index (χ1) is 6.75. The van der Waals surface area contributed by atoms with Crippen molar-refractivity contribution in [3.8, 4) is 0 Å². The molecule has 1 aliphatic rings. The van der Waals surface area contributed by atoms with Crippen LogP contribution in [0.2, 0.25) is 5.15 Å². The minimum absolute atomic E-state index is 0.109. The van der Waals surface area contributed by atoms with Crippen molar-refractivity contribution in [2.24, 2.45) is 5.92 Å². The van der Waals surface area contributed by atoms with E-state index < -0.39 is 0 Å². The molecule has 0 aromatic carbocycles. The first-order valence-corrected chi connectivity index (χ1v) is 5.01. The van der Waals surface area contributed by atoms with Crippen molar-refractivity contribution in [3.05, 3.63) is 29.0 Å². The van der Waals surface area contributed by atoms with Gasteiger partial charge in [-0.1, -0.05) is 17.7 Å². The Bertz CT molecular complexity index is 336. The Morgan fingerprint density at radius 2 is 2.43 bits per heavy atom. The van der Waals surface area contributed by atoms with Crippen LogP contribution < -0.4 is 5.32 Å². The lowest BCUT2D eigenvalue weighted by Crippen LogP contribution is -2.20. The van der Waals surface area contributed by atoms with Gasteiger partial charge < -0.3 is 5.32 Å². The Labute approximate surface area is 87.5 Å². The van der Waals surface area contributed by atoms with Crippen molar-refractivity contribution in [2.75, 3.05) is 6.54 Å².